The van der Waals surface area contributed by atoms with E-state index in [1.165, 1.54) is 30.5 Å². The van der Waals surface area contributed by atoms with Gasteiger partial charge in [0, 0.05) is 37.2 Å². The number of anilines is 1. The molecule has 0 saturated carbocycles. The molecule has 24 heavy (non-hydrogen) atoms. The van der Waals surface area contributed by atoms with Crippen molar-refractivity contribution >= 4 is 17.3 Å². The van der Waals surface area contributed by atoms with E-state index in [4.69, 9.17) is 10.00 Å². The molecule has 1 rings (SSSR count). The second-order valence-electron chi connectivity index (χ2n) is 5.16. The zero-order chi connectivity index (χ0) is 17.9. The number of nitriles is 1. The summed E-state index contributed by atoms with van der Waals surface area (Å²) in [6.07, 6.45) is 2.26. The summed E-state index contributed by atoms with van der Waals surface area (Å²) in [4.78, 5) is 22.0. The summed E-state index contributed by atoms with van der Waals surface area (Å²) >= 11 is 0. The third-order valence-corrected chi connectivity index (χ3v) is 2.86. The highest BCUT2D eigenvalue weighted by molar-refractivity contribution is 6.06. The van der Waals surface area contributed by atoms with Gasteiger partial charge >= 0.3 is 0 Å². The zero-order valence-electron chi connectivity index (χ0n) is 13.6. The van der Waals surface area contributed by atoms with E-state index in [2.05, 4.69) is 10.6 Å². The predicted molar refractivity (Wildman–Crippen MR) is 89.1 cm³/mol. The Balaban J connectivity index is 2.49. The molecule has 0 aliphatic heterocycles. The summed E-state index contributed by atoms with van der Waals surface area (Å²) in [6, 6.07) is 7.17. The van der Waals surface area contributed by atoms with Gasteiger partial charge in [0.05, 0.1) is 11.0 Å². The number of nitro benzene ring substituents is 1. The number of rotatable bonds is 9. The van der Waals surface area contributed by atoms with E-state index >= 15 is 0 Å². The van der Waals surface area contributed by atoms with Crippen molar-refractivity contribution in [1.82, 2.24) is 5.32 Å². The van der Waals surface area contributed by atoms with Crippen LogP contribution in [0.2, 0.25) is 0 Å². The number of benzene rings is 1. The molecule has 0 atom stereocenters. The molecule has 1 amide bonds. The van der Waals surface area contributed by atoms with Gasteiger partial charge in [0.1, 0.15) is 11.6 Å². The molecule has 8 heteroatoms. The molecule has 1 aromatic carbocycles. The Bertz CT molecular complexity index is 632. The van der Waals surface area contributed by atoms with Crippen molar-refractivity contribution in [2.75, 3.05) is 18.5 Å². The van der Waals surface area contributed by atoms with Crippen LogP contribution in [0.4, 0.5) is 11.4 Å². The molecule has 2 N–H and O–H groups in total. The zero-order valence-corrected chi connectivity index (χ0v) is 13.6. The second kappa shape index (κ2) is 9.97. The van der Waals surface area contributed by atoms with Crippen molar-refractivity contribution in [2.45, 2.75) is 26.4 Å². The lowest BCUT2D eigenvalue weighted by Gasteiger charge is -2.07. The average Bonchev–Trinajstić information content (AvgIpc) is 2.54. The first kappa shape index (κ1) is 19.1. The van der Waals surface area contributed by atoms with Crippen molar-refractivity contribution in [3.8, 4) is 6.07 Å². The quantitative estimate of drug-likeness (QED) is 0.236. The minimum absolute atomic E-state index is 0.0747. The van der Waals surface area contributed by atoms with E-state index in [0.29, 0.717) is 18.8 Å². The molecule has 0 spiro atoms. The van der Waals surface area contributed by atoms with Gasteiger partial charge in [0.15, 0.2) is 0 Å². The number of hydrogen-bond acceptors (Lipinski definition) is 6. The van der Waals surface area contributed by atoms with E-state index in [1.54, 1.807) is 0 Å². The van der Waals surface area contributed by atoms with Crippen LogP contribution in [-0.2, 0) is 9.53 Å². The SMILES string of the molecule is CC(C)OCCCN/C=C(/C#N)C(=O)Nc1ccc([N+](=O)[O-])cc1. The van der Waals surface area contributed by atoms with E-state index in [-0.39, 0.29) is 17.4 Å². The molecular formula is C16H20N4O4. The first-order valence-electron chi connectivity index (χ1n) is 7.45. The Morgan fingerprint density at radius 2 is 2.08 bits per heavy atom. The van der Waals surface area contributed by atoms with Crippen molar-refractivity contribution in [1.29, 1.82) is 5.26 Å². The minimum Gasteiger partial charge on any atom is -0.390 e. The van der Waals surface area contributed by atoms with Crippen LogP contribution in [0.3, 0.4) is 0 Å². The standard InChI is InChI=1S/C16H20N4O4/c1-12(2)24-9-3-8-18-11-13(10-17)16(21)19-14-4-6-15(7-5-14)20(22)23/h4-7,11-12,18H,3,8-9H2,1-2H3,(H,19,21)/b13-11-. The van der Waals surface area contributed by atoms with Crippen molar-refractivity contribution < 1.29 is 14.5 Å². The monoisotopic (exact) mass is 332 g/mol. The lowest BCUT2D eigenvalue weighted by Crippen LogP contribution is -2.18. The van der Waals surface area contributed by atoms with Crippen molar-refractivity contribution in [3.05, 3.63) is 46.2 Å². The van der Waals surface area contributed by atoms with E-state index in [1.807, 2.05) is 19.9 Å². The fourth-order valence-corrected chi connectivity index (χ4v) is 1.68. The molecule has 0 aromatic heterocycles. The van der Waals surface area contributed by atoms with Crippen molar-refractivity contribution in [2.24, 2.45) is 0 Å². The molecule has 0 fully saturated rings. The van der Waals surface area contributed by atoms with Crippen LogP contribution in [0.1, 0.15) is 20.3 Å². The van der Waals surface area contributed by atoms with E-state index < -0.39 is 10.8 Å². The Labute approximate surface area is 140 Å². The van der Waals surface area contributed by atoms with Gasteiger partial charge in [-0.05, 0) is 32.4 Å². The highest BCUT2D eigenvalue weighted by atomic mass is 16.6. The smallest absolute Gasteiger partial charge is 0.269 e. The Kier molecular flexibility index (Phi) is 7.94. The molecule has 0 bridgehead atoms. The number of nitro groups is 1. The van der Waals surface area contributed by atoms with Crippen LogP contribution in [0, 0.1) is 21.4 Å². The van der Waals surface area contributed by atoms with Crippen LogP contribution in [0.5, 0.6) is 0 Å². The molecule has 8 nitrogen and oxygen atoms in total. The van der Waals surface area contributed by atoms with E-state index in [9.17, 15) is 14.9 Å². The van der Waals surface area contributed by atoms with Gasteiger partial charge in [0.25, 0.3) is 11.6 Å². The maximum absolute atomic E-state index is 12.0. The summed E-state index contributed by atoms with van der Waals surface area (Å²) < 4.78 is 5.38. The maximum atomic E-state index is 12.0. The molecule has 0 heterocycles. The number of hydrogen-bond donors (Lipinski definition) is 2. The molecule has 0 saturated heterocycles. The van der Waals surface area contributed by atoms with Gasteiger partial charge in [0.2, 0.25) is 0 Å². The molecule has 0 aliphatic rings. The largest absolute Gasteiger partial charge is 0.390 e. The second-order valence-corrected chi connectivity index (χ2v) is 5.16. The van der Waals surface area contributed by atoms with Crippen molar-refractivity contribution in [3.63, 3.8) is 0 Å². The average molecular weight is 332 g/mol. The highest BCUT2D eigenvalue weighted by Gasteiger charge is 2.10. The summed E-state index contributed by atoms with van der Waals surface area (Å²) in [5.41, 5.74) is 0.213. The number of carbonyl (C=O) groups is 1. The highest BCUT2D eigenvalue weighted by Crippen LogP contribution is 2.15. The molecule has 0 radical (unpaired) electrons. The number of non-ortho nitro benzene ring substituents is 1. The van der Waals surface area contributed by atoms with Crippen LogP contribution in [0.25, 0.3) is 0 Å². The lowest BCUT2D eigenvalue weighted by molar-refractivity contribution is -0.384. The molecule has 128 valence electrons. The summed E-state index contributed by atoms with van der Waals surface area (Å²) in [5.74, 6) is -0.586. The number of ether oxygens (including phenoxy) is 1. The van der Waals surface area contributed by atoms with Gasteiger partial charge in [-0.1, -0.05) is 0 Å². The first-order valence-corrected chi connectivity index (χ1v) is 7.45. The van der Waals surface area contributed by atoms with Crippen LogP contribution >= 0.6 is 0 Å². The fraction of sp³-hybridized carbons (Fsp3) is 0.375. The normalized spacial score (nSPS) is 11.0. The first-order chi connectivity index (χ1) is 11.4. The van der Waals surface area contributed by atoms with Crippen LogP contribution < -0.4 is 10.6 Å². The van der Waals surface area contributed by atoms with Crippen LogP contribution in [0.15, 0.2) is 36.0 Å². The Morgan fingerprint density at radius 1 is 1.42 bits per heavy atom. The van der Waals surface area contributed by atoms with Gasteiger partial charge in [-0.25, -0.2) is 0 Å². The predicted octanol–water partition coefficient (Wildman–Crippen LogP) is 2.35. The molecule has 0 aliphatic carbocycles. The fourth-order valence-electron chi connectivity index (χ4n) is 1.68. The number of nitrogens with zero attached hydrogens (tertiary/aromatic N) is 2. The molecule has 1 aromatic rings. The third kappa shape index (κ3) is 6.89. The molecular weight excluding hydrogens is 312 g/mol. The Morgan fingerprint density at radius 3 is 2.62 bits per heavy atom. The summed E-state index contributed by atoms with van der Waals surface area (Å²) in [5, 5.41) is 25.0. The number of carbonyl (C=O) groups excluding carboxylic acids is 1. The maximum Gasteiger partial charge on any atom is 0.269 e. The Hall–Kier alpha value is -2.92. The summed E-state index contributed by atoms with van der Waals surface area (Å²) in [7, 11) is 0. The van der Waals surface area contributed by atoms with E-state index in [0.717, 1.165) is 6.42 Å². The minimum atomic E-state index is -0.586. The van der Waals surface area contributed by atoms with Gasteiger partial charge in [-0.15, -0.1) is 0 Å². The number of nitrogens with one attached hydrogen (secondary N) is 2. The van der Waals surface area contributed by atoms with Gasteiger partial charge in [-0.3, -0.25) is 14.9 Å². The molecule has 0 unspecified atom stereocenters. The van der Waals surface area contributed by atoms with Gasteiger partial charge in [-0.2, -0.15) is 5.26 Å². The topological polar surface area (TPSA) is 117 Å². The lowest BCUT2D eigenvalue weighted by atomic mass is 10.2. The third-order valence-electron chi connectivity index (χ3n) is 2.86. The van der Waals surface area contributed by atoms with Crippen LogP contribution in [-0.4, -0.2) is 30.1 Å². The van der Waals surface area contributed by atoms with Gasteiger partial charge < -0.3 is 15.4 Å². The number of amides is 1. The summed E-state index contributed by atoms with van der Waals surface area (Å²) in [6.45, 7) is 5.06.